The van der Waals surface area contributed by atoms with Crippen molar-refractivity contribution in [3.63, 3.8) is 0 Å². The third-order valence-electron chi connectivity index (χ3n) is 3.15. The normalized spacial score (nSPS) is 36.2. The molecule has 0 amide bonds. The maximum atomic E-state index is 5.61. The predicted molar refractivity (Wildman–Crippen MR) is 54.5 cm³/mol. The Labute approximate surface area is 85.3 Å². The first kappa shape index (κ1) is 10.4. The van der Waals surface area contributed by atoms with Gasteiger partial charge in [0, 0.05) is 26.2 Å². The molecule has 0 aliphatic carbocycles. The van der Waals surface area contributed by atoms with E-state index in [4.69, 9.17) is 9.47 Å². The molecule has 4 nitrogen and oxygen atoms in total. The van der Waals surface area contributed by atoms with Crippen LogP contribution in [0.15, 0.2) is 0 Å². The van der Waals surface area contributed by atoms with E-state index in [9.17, 15) is 0 Å². The van der Waals surface area contributed by atoms with Crippen molar-refractivity contribution >= 4 is 0 Å². The molecule has 2 saturated heterocycles. The molecule has 0 aromatic rings. The number of hydrogen-bond acceptors (Lipinski definition) is 4. The average molecular weight is 200 g/mol. The smallest absolute Gasteiger partial charge is 0.0701 e. The van der Waals surface area contributed by atoms with Crippen molar-refractivity contribution in [2.75, 3.05) is 40.0 Å². The van der Waals surface area contributed by atoms with E-state index >= 15 is 0 Å². The SMILES string of the molecule is COCCOCC12CCC(CNC1)N2. The van der Waals surface area contributed by atoms with Gasteiger partial charge in [-0.25, -0.2) is 0 Å². The molecular weight excluding hydrogens is 180 g/mol. The van der Waals surface area contributed by atoms with Gasteiger partial charge in [-0.3, -0.25) is 0 Å². The second kappa shape index (κ2) is 4.57. The highest BCUT2D eigenvalue weighted by Crippen LogP contribution is 2.26. The van der Waals surface area contributed by atoms with E-state index in [1.807, 2.05) is 0 Å². The molecule has 2 heterocycles. The van der Waals surface area contributed by atoms with Crippen LogP contribution in [0.1, 0.15) is 12.8 Å². The molecule has 0 saturated carbocycles. The average Bonchev–Trinajstić information content (AvgIpc) is 2.50. The number of piperazine rings is 1. The van der Waals surface area contributed by atoms with Gasteiger partial charge in [-0.1, -0.05) is 0 Å². The quantitative estimate of drug-likeness (QED) is 0.600. The first-order valence-corrected chi connectivity index (χ1v) is 5.40. The van der Waals surface area contributed by atoms with Gasteiger partial charge in [0.05, 0.1) is 25.4 Å². The zero-order valence-corrected chi connectivity index (χ0v) is 8.84. The lowest BCUT2D eigenvalue weighted by Gasteiger charge is -2.34. The van der Waals surface area contributed by atoms with Gasteiger partial charge in [0.25, 0.3) is 0 Å². The molecule has 0 radical (unpaired) electrons. The second-order valence-corrected chi connectivity index (χ2v) is 4.34. The van der Waals surface area contributed by atoms with Crippen molar-refractivity contribution in [1.82, 2.24) is 10.6 Å². The molecule has 0 aromatic heterocycles. The van der Waals surface area contributed by atoms with E-state index in [-0.39, 0.29) is 5.54 Å². The largest absolute Gasteiger partial charge is 0.382 e. The van der Waals surface area contributed by atoms with Gasteiger partial charge in [-0.15, -0.1) is 0 Å². The topological polar surface area (TPSA) is 42.5 Å². The standard InChI is InChI=1S/C10H20N2O2/c1-13-4-5-14-8-10-3-2-9(12-10)6-11-7-10/h9,11-12H,2-8H2,1H3. The summed E-state index contributed by atoms with van der Waals surface area (Å²) in [6, 6.07) is 0.662. The fourth-order valence-electron chi connectivity index (χ4n) is 2.38. The Bertz CT molecular complexity index is 185. The summed E-state index contributed by atoms with van der Waals surface area (Å²) < 4.78 is 10.6. The first-order chi connectivity index (χ1) is 6.85. The van der Waals surface area contributed by atoms with E-state index in [2.05, 4.69) is 10.6 Å². The van der Waals surface area contributed by atoms with Crippen LogP contribution < -0.4 is 10.6 Å². The Hall–Kier alpha value is -0.160. The third-order valence-corrected chi connectivity index (χ3v) is 3.15. The fourth-order valence-corrected chi connectivity index (χ4v) is 2.38. The highest BCUT2D eigenvalue weighted by atomic mass is 16.5. The Morgan fingerprint density at radius 2 is 2.36 bits per heavy atom. The molecular formula is C10H20N2O2. The minimum Gasteiger partial charge on any atom is -0.382 e. The highest BCUT2D eigenvalue weighted by Gasteiger charge is 2.41. The van der Waals surface area contributed by atoms with E-state index in [0.29, 0.717) is 19.3 Å². The van der Waals surface area contributed by atoms with E-state index in [1.165, 1.54) is 12.8 Å². The Morgan fingerprint density at radius 1 is 1.43 bits per heavy atom. The van der Waals surface area contributed by atoms with Crippen LogP contribution in [0.5, 0.6) is 0 Å². The number of ether oxygens (including phenoxy) is 2. The van der Waals surface area contributed by atoms with Crippen LogP contribution in [-0.4, -0.2) is 51.6 Å². The molecule has 2 bridgehead atoms. The number of hydrogen-bond donors (Lipinski definition) is 2. The summed E-state index contributed by atoms with van der Waals surface area (Å²) in [6.45, 7) is 4.34. The summed E-state index contributed by atoms with van der Waals surface area (Å²) in [4.78, 5) is 0. The molecule has 2 unspecified atom stereocenters. The molecule has 2 rings (SSSR count). The molecule has 0 spiro atoms. The van der Waals surface area contributed by atoms with Crippen LogP contribution >= 0.6 is 0 Å². The van der Waals surface area contributed by atoms with Gasteiger partial charge in [-0.05, 0) is 12.8 Å². The van der Waals surface area contributed by atoms with Crippen LogP contribution in [-0.2, 0) is 9.47 Å². The van der Waals surface area contributed by atoms with Crippen molar-refractivity contribution in [2.24, 2.45) is 0 Å². The van der Waals surface area contributed by atoms with Crippen LogP contribution in [0.2, 0.25) is 0 Å². The van der Waals surface area contributed by atoms with E-state index < -0.39 is 0 Å². The molecule has 0 aromatic carbocycles. The monoisotopic (exact) mass is 200 g/mol. The number of methoxy groups -OCH3 is 1. The van der Waals surface area contributed by atoms with Crippen molar-refractivity contribution in [2.45, 2.75) is 24.4 Å². The Kier molecular flexibility index (Phi) is 3.38. The predicted octanol–water partition coefficient (Wildman–Crippen LogP) is -0.257. The molecule has 2 aliphatic rings. The number of nitrogens with one attached hydrogen (secondary N) is 2. The summed E-state index contributed by atoms with van der Waals surface area (Å²) in [5.74, 6) is 0. The van der Waals surface area contributed by atoms with E-state index in [1.54, 1.807) is 7.11 Å². The second-order valence-electron chi connectivity index (χ2n) is 4.34. The van der Waals surface area contributed by atoms with Crippen LogP contribution in [0.3, 0.4) is 0 Å². The first-order valence-electron chi connectivity index (χ1n) is 5.40. The van der Waals surface area contributed by atoms with Gasteiger partial charge in [-0.2, -0.15) is 0 Å². The molecule has 2 fully saturated rings. The minimum absolute atomic E-state index is 0.205. The molecule has 2 aliphatic heterocycles. The van der Waals surface area contributed by atoms with Crippen LogP contribution in [0, 0.1) is 0 Å². The van der Waals surface area contributed by atoms with Gasteiger partial charge in [0.15, 0.2) is 0 Å². The minimum atomic E-state index is 0.205. The lowest BCUT2D eigenvalue weighted by molar-refractivity contribution is 0.0331. The molecule has 2 atom stereocenters. The number of rotatable bonds is 5. The summed E-state index contributed by atoms with van der Waals surface area (Å²) in [6.07, 6.45) is 2.51. The Balaban J connectivity index is 1.73. The summed E-state index contributed by atoms with van der Waals surface area (Å²) in [5, 5.41) is 7.11. The van der Waals surface area contributed by atoms with Crippen LogP contribution in [0.25, 0.3) is 0 Å². The van der Waals surface area contributed by atoms with Crippen molar-refractivity contribution in [1.29, 1.82) is 0 Å². The van der Waals surface area contributed by atoms with E-state index in [0.717, 1.165) is 19.7 Å². The van der Waals surface area contributed by atoms with Crippen molar-refractivity contribution < 1.29 is 9.47 Å². The maximum Gasteiger partial charge on any atom is 0.0701 e. The summed E-state index contributed by atoms with van der Waals surface area (Å²) in [5.41, 5.74) is 0.205. The molecule has 4 heteroatoms. The zero-order valence-electron chi connectivity index (χ0n) is 8.84. The number of fused-ring (bicyclic) bond motifs is 2. The van der Waals surface area contributed by atoms with Crippen LogP contribution in [0.4, 0.5) is 0 Å². The zero-order chi connectivity index (χ0) is 9.86. The lowest BCUT2D eigenvalue weighted by atomic mass is 9.99. The van der Waals surface area contributed by atoms with Crippen molar-refractivity contribution in [3.05, 3.63) is 0 Å². The fraction of sp³-hybridized carbons (Fsp3) is 1.00. The highest BCUT2D eigenvalue weighted by molar-refractivity contribution is 5.03. The van der Waals surface area contributed by atoms with Gasteiger partial charge in [0.1, 0.15) is 0 Å². The Morgan fingerprint density at radius 3 is 3.21 bits per heavy atom. The third kappa shape index (κ3) is 2.25. The molecule has 82 valence electrons. The molecule has 2 N–H and O–H groups in total. The summed E-state index contributed by atoms with van der Waals surface area (Å²) in [7, 11) is 1.70. The van der Waals surface area contributed by atoms with Gasteiger partial charge < -0.3 is 20.1 Å². The van der Waals surface area contributed by atoms with Crippen molar-refractivity contribution in [3.8, 4) is 0 Å². The van der Waals surface area contributed by atoms with Gasteiger partial charge in [0.2, 0.25) is 0 Å². The maximum absolute atomic E-state index is 5.61. The summed E-state index contributed by atoms with van der Waals surface area (Å²) >= 11 is 0. The lowest BCUT2D eigenvalue weighted by Crippen LogP contribution is -2.60. The van der Waals surface area contributed by atoms with Gasteiger partial charge >= 0.3 is 0 Å². The molecule has 14 heavy (non-hydrogen) atoms.